The van der Waals surface area contributed by atoms with Gasteiger partial charge in [0.05, 0.1) is 30.8 Å². The fraction of sp³-hybridized carbons (Fsp3) is 0.292. The van der Waals surface area contributed by atoms with Crippen LogP contribution in [0.3, 0.4) is 0 Å². The first-order valence-corrected chi connectivity index (χ1v) is 10.6. The zero-order valence-electron chi connectivity index (χ0n) is 19.6. The molecule has 1 atom stereocenters. The van der Waals surface area contributed by atoms with Crippen molar-refractivity contribution in [3.63, 3.8) is 0 Å². The lowest BCUT2D eigenvalue weighted by Crippen LogP contribution is -2.22. The van der Waals surface area contributed by atoms with Gasteiger partial charge in [0.25, 0.3) is 5.69 Å². The monoisotopic (exact) mass is 481 g/mol. The van der Waals surface area contributed by atoms with Gasteiger partial charge in [-0.3, -0.25) is 10.1 Å². The normalized spacial score (nSPS) is 11.4. The SMILES string of the molecule is CCN(CC)c1ccc2cc(C(=O)OC(C#N)c3cc(OC)c(OC)cc3[N+](=O)[O-])c(=O)oc2c1. The first-order valence-electron chi connectivity index (χ1n) is 10.6. The maximum absolute atomic E-state index is 12.8. The van der Waals surface area contributed by atoms with E-state index in [1.54, 1.807) is 18.2 Å². The van der Waals surface area contributed by atoms with Gasteiger partial charge in [-0.15, -0.1) is 0 Å². The first-order chi connectivity index (χ1) is 16.8. The Bertz CT molecular complexity index is 1370. The Balaban J connectivity index is 1.99. The molecule has 0 fully saturated rings. The third-order valence-electron chi connectivity index (χ3n) is 5.42. The van der Waals surface area contributed by atoms with E-state index in [0.717, 1.165) is 24.8 Å². The third kappa shape index (κ3) is 5.01. The number of rotatable bonds is 9. The number of hydrogen-bond donors (Lipinski definition) is 0. The number of fused-ring (bicyclic) bond motifs is 1. The maximum atomic E-state index is 12.8. The quantitative estimate of drug-likeness (QED) is 0.190. The molecule has 0 aliphatic rings. The van der Waals surface area contributed by atoms with E-state index < -0.39 is 33.9 Å². The van der Waals surface area contributed by atoms with Crippen LogP contribution in [0.25, 0.3) is 11.0 Å². The van der Waals surface area contributed by atoms with Crippen LogP contribution in [0.5, 0.6) is 11.5 Å². The van der Waals surface area contributed by atoms with Crippen LogP contribution in [-0.2, 0) is 4.74 Å². The molecule has 11 heteroatoms. The van der Waals surface area contributed by atoms with Crippen LogP contribution in [0, 0.1) is 21.4 Å². The minimum atomic E-state index is -1.71. The molecule has 0 spiro atoms. The second-order valence-electron chi connectivity index (χ2n) is 7.28. The lowest BCUT2D eigenvalue weighted by molar-refractivity contribution is -0.386. The second-order valence-corrected chi connectivity index (χ2v) is 7.28. The number of nitro benzene ring substituents is 1. The molecule has 0 radical (unpaired) electrons. The van der Waals surface area contributed by atoms with E-state index in [-0.39, 0.29) is 22.6 Å². The molecule has 1 heterocycles. The van der Waals surface area contributed by atoms with Gasteiger partial charge in [-0.25, -0.2) is 9.59 Å². The lowest BCUT2D eigenvalue weighted by atomic mass is 10.1. The minimum Gasteiger partial charge on any atom is -0.493 e. The summed E-state index contributed by atoms with van der Waals surface area (Å²) in [6.45, 7) is 5.51. The van der Waals surface area contributed by atoms with E-state index in [1.165, 1.54) is 26.4 Å². The molecule has 0 aliphatic heterocycles. The molecule has 2 aromatic carbocycles. The predicted molar refractivity (Wildman–Crippen MR) is 126 cm³/mol. The molecule has 1 unspecified atom stereocenters. The molecule has 0 saturated carbocycles. The van der Waals surface area contributed by atoms with Crippen LogP contribution < -0.4 is 20.0 Å². The highest BCUT2D eigenvalue weighted by atomic mass is 16.6. The molecule has 35 heavy (non-hydrogen) atoms. The van der Waals surface area contributed by atoms with Crippen LogP contribution in [0.1, 0.15) is 35.9 Å². The molecule has 182 valence electrons. The van der Waals surface area contributed by atoms with Gasteiger partial charge in [-0.2, -0.15) is 5.26 Å². The second kappa shape index (κ2) is 10.6. The largest absolute Gasteiger partial charge is 0.493 e. The number of nitro groups is 1. The van der Waals surface area contributed by atoms with Crippen LogP contribution in [0.4, 0.5) is 11.4 Å². The average molecular weight is 481 g/mol. The number of nitriles is 1. The predicted octanol–water partition coefficient (Wildman–Crippen LogP) is 3.99. The summed E-state index contributed by atoms with van der Waals surface area (Å²) in [6, 6.07) is 10.5. The van der Waals surface area contributed by atoms with Crippen molar-refractivity contribution >= 4 is 28.3 Å². The molecular formula is C24H23N3O8. The van der Waals surface area contributed by atoms with E-state index in [0.29, 0.717) is 5.39 Å². The van der Waals surface area contributed by atoms with Crippen LogP contribution in [0.15, 0.2) is 45.6 Å². The Morgan fingerprint density at radius 2 is 1.80 bits per heavy atom. The van der Waals surface area contributed by atoms with Gasteiger partial charge < -0.3 is 23.5 Å². The Morgan fingerprint density at radius 1 is 1.14 bits per heavy atom. The standard InChI is InChI=1S/C24H23N3O8/c1-5-26(6-2)15-8-7-14-9-17(23(28)34-19(14)10-15)24(29)35-22(13-25)16-11-20(32-3)21(33-4)12-18(16)27(30)31/h7-12,22H,5-6H2,1-4H3. The van der Waals surface area contributed by atoms with Crippen molar-refractivity contribution in [3.8, 4) is 17.6 Å². The summed E-state index contributed by atoms with van der Waals surface area (Å²) in [6.07, 6.45) is -1.71. The van der Waals surface area contributed by atoms with Crippen LogP contribution in [-0.4, -0.2) is 38.2 Å². The summed E-state index contributed by atoms with van der Waals surface area (Å²) in [5.74, 6) is -1.01. The summed E-state index contributed by atoms with van der Waals surface area (Å²) >= 11 is 0. The van der Waals surface area contributed by atoms with Gasteiger partial charge in [-0.1, -0.05) is 0 Å². The van der Waals surface area contributed by atoms with E-state index >= 15 is 0 Å². The zero-order chi connectivity index (χ0) is 25.7. The van der Waals surface area contributed by atoms with E-state index in [4.69, 9.17) is 18.6 Å². The fourth-order valence-electron chi connectivity index (χ4n) is 3.61. The average Bonchev–Trinajstić information content (AvgIpc) is 2.86. The summed E-state index contributed by atoms with van der Waals surface area (Å²) in [5.41, 5.74) is -1.03. The van der Waals surface area contributed by atoms with Crippen LogP contribution in [0.2, 0.25) is 0 Å². The summed E-state index contributed by atoms with van der Waals surface area (Å²) < 4.78 is 20.7. The van der Waals surface area contributed by atoms with Crippen molar-refractivity contribution in [2.75, 3.05) is 32.2 Å². The van der Waals surface area contributed by atoms with Gasteiger partial charge in [-0.05, 0) is 38.1 Å². The Hall–Kier alpha value is -4.59. The van der Waals surface area contributed by atoms with Crippen molar-refractivity contribution < 1.29 is 28.3 Å². The molecule has 0 saturated heterocycles. The number of anilines is 1. The number of esters is 1. The molecule has 1 aromatic heterocycles. The molecule has 11 nitrogen and oxygen atoms in total. The number of carbonyl (C=O) groups is 1. The highest BCUT2D eigenvalue weighted by Gasteiger charge is 2.30. The van der Waals surface area contributed by atoms with E-state index in [9.17, 15) is 25.0 Å². The molecular weight excluding hydrogens is 458 g/mol. The first kappa shape index (κ1) is 25.0. The number of carbonyl (C=O) groups excluding carboxylic acids is 1. The fourth-order valence-corrected chi connectivity index (χ4v) is 3.61. The summed E-state index contributed by atoms with van der Waals surface area (Å²) in [5, 5.41) is 21.7. The zero-order valence-corrected chi connectivity index (χ0v) is 19.6. The van der Waals surface area contributed by atoms with Crippen molar-refractivity contribution in [1.29, 1.82) is 5.26 Å². The Kier molecular flexibility index (Phi) is 7.56. The molecule has 0 aliphatic carbocycles. The number of benzene rings is 2. The van der Waals surface area contributed by atoms with Crippen molar-refractivity contribution in [2.24, 2.45) is 0 Å². The maximum Gasteiger partial charge on any atom is 0.351 e. The number of hydrogen-bond acceptors (Lipinski definition) is 10. The highest BCUT2D eigenvalue weighted by molar-refractivity contribution is 5.93. The smallest absolute Gasteiger partial charge is 0.351 e. The van der Waals surface area contributed by atoms with Gasteiger partial charge in [0.15, 0.2) is 11.5 Å². The van der Waals surface area contributed by atoms with Gasteiger partial charge >= 0.3 is 11.6 Å². The lowest BCUT2D eigenvalue weighted by Gasteiger charge is -2.21. The third-order valence-corrected chi connectivity index (χ3v) is 5.42. The molecule has 3 rings (SSSR count). The molecule has 0 bridgehead atoms. The van der Waals surface area contributed by atoms with Crippen LogP contribution >= 0.6 is 0 Å². The highest BCUT2D eigenvalue weighted by Crippen LogP contribution is 2.38. The van der Waals surface area contributed by atoms with E-state index in [1.807, 2.05) is 19.9 Å². The minimum absolute atomic E-state index is 0.0604. The van der Waals surface area contributed by atoms with Gasteiger partial charge in [0.1, 0.15) is 17.2 Å². The van der Waals surface area contributed by atoms with Gasteiger partial charge in [0.2, 0.25) is 6.10 Å². The number of ether oxygens (including phenoxy) is 3. The Morgan fingerprint density at radius 3 is 2.37 bits per heavy atom. The molecule has 0 N–H and O–H groups in total. The van der Waals surface area contributed by atoms with Crippen molar-refractivity contribution in [1.82, 2.24) is 0 Å². The van der Waals surface area contributed by atoms with Gasteiger partial charge in [0, 0.05) is 30.2 Å². The summed E-state index contributed by atoms with van der Waals surface area (Å²) in [7, 11) is 2.61. The topological polar surface area (TPSA) is 145 Å². The van der Waals surface area contributed by atoms with Crippen molar-refractivity contribution in [3.05, 3.63) is 68.1 Å². The number of methoxy groups -OCH3 is 2. The molecule has 3 aromatic rings. The molecule has 0 amide bonds. The van der Waals surface area contributed by atoms with Crippen molar-refractivity contribution in [2.45, 2.75) is 20.0 Å². The number of nitrogens with zero attached hydrogens (tertiary/aromatic N) is 3. The Labute approximate surface area is 200 Å². The van der Waals surface area contributed by atoms with E-state index in [2.05, 4.69) is 4.90 Å². The summed E-state index contributed by atoms with van der Waals surface area (Å²) in [4.78, 5) is 38.3.